The van der Waals surface area contributed by atoms with Gasteiger partial charge in [0.25, 0.3) is 0 Å². The van der Waals surface area contributed by atoms with Crippen molar-refractivity contribution < 1.29 is 8.81 Å². The highest BCUT2D eigenvalue weighted by Gasteiger charge is 2.24. The maximum Gasteiger partial charge on any atom is 0.222 e. The van der Waals surface area contributed by atoms with Gasteiger partial charge in [-0.15, -0.1) is 0 Å². The summed E-state index contributed by atoms with van der Waals surface area (Å²) in [5.41, 5.74) is 4.34. The highest BCUT2D eigenvalue weighted by molar-refractivity contribution is 7.26. The van der Waals surface area contributed by atoms with Crippen LogP contribution in [-0.2, 0) is 0 Å². The van der Waals surface area contributed by atoms with Gasteiger partial charge in [0.1, 0.15) is 23.3 Å². The zero-order chi connectivity index (χ0) is 23.1. The lowest BCUT2D eigenvalue weighted by molar-refractivity contribution is 0.405. The first-order valence-electron chi connectivity index (χ1n) is 11.0. The predicted molar refractivity (Wildman–Crippen MR) is 141 cm³/mol. The quantitative estimate of drug-likeness (QED) is 0.332. The molecule has 34 heavy (non-hydrogen) atoms. The van der Waals surface area contributed by atoms with Gasteiger partial charge in [-0.2, -0.15) is 11.3 Å². The molecule has 6 rings (SSSR count). The number of rotatable bonds is 5. The fraction of sp³-hybridized carbons (Fsp3) is 0.0769. The van der Waals surface area contributed by atoms with Gasteiger partial charge in [-0.25, -0.2) is 9.37 Å². The number of hydrogen-bond donors (Lipinski definition) is 2. The average molecular weight is 466 g/mol. The Morgan fingerprint density at radius 3 is 2.71 bits per heavy atom. The Kier molecular flexibility index (Phi) is 5.15. The highest BCUT2D eigenvalue weighted by Crippen LogP contribution is 2.40. The van der Waals surface area contributed by atoms with Crippen molar-refractivity contribution >= 4 is 68.0 Å². The van der Waals surface area contributed by atoms with Gasteiger partial charge in [0.05, 0.1) is 6.20 Å². The van der Waals surface area contributed by atoms with Crippen LogP contribution in [0.5, 0.6) is 0 Å². The van der Waals surface area contributed by atoms with Crippen LogP contribution in [0.4, 0.5) is 21.8 Å². The zero-order valence-electron chi connectivity index (χ0n) is 18.4. The molecule has 0 fully saturated rings. The summed E-state index contributed by atoms with van der Waals surface area (Å²) in [7, 11) is 2.10. The van der Waals surface area contributed by atoms with Crippen molar-refractivity contribution in [2.75, 3.05) is 10.6 Å². The van der Waals surface area contributed by atoms with Gasteiger partial charge in [0.15, 0.2) is 7.85 Å². The molecule has 1 aliphatic carbocycles. The van der Waals surface area contributed by atoms with Gasteiger partial charge in [0.2, 0.25) is 5.88 Å². The third kappa shape index (κ3) is 3.66. The predicted octanol–water partition coefficient (Wildman–Crippen LogP) is 5.56. The molecule has 0 aliphatic heterocycles. The van der Waals surface area contributed by atoms with Crippen molar-refractivity contribution in [3.8, 4) is 0 Å². The molecule has 5 nitrogen and oxygen atoms in total. The van der Waals surface area contributed by atoms with Crippen molar-refractivity contribution in [3.05, 3.63) is 90.5 Å². The maximum absolute atomic E-state index is 14.6. The molecule has 3 heterocycles. The second kappa shape index (κ2) is 8.46. The first kappa shape index (κ1) is 20.7. The van der Waals surface area contributed by atoms with Crippen LogP contribution in [0.25, 0.3) is 26.6 Å². The molecule has 166 valence electrons. The number of alkyl halides is 1. The molecule has 0 saturated carbocycles. The summed E-state index contributed by atoms with van der Waals surface area (Å²) in [6.45, 7) is 0. The van der Waals surface area contributed by atoms with Crippen LogP contribution in [0.15, 0.2) is 89.4 Å². The summed E-state index contributed by atoms with van der Waals surface area (Å²) in [6, 6.07) is 16.1. The smallest absolute Gasteiger partial charge is 0.222 e. The molecular weight excluding hydrogens is 446 g/mol. The third-order valence-electron chi connectivity index (χ3n) is 5.93. The second-order valence-corrected chi connectivity index (χ2v) is 9.40. The Morgan fingerprint density at radius 2 is 1.85 bits per heavy atom. The van der Waals surface area contributed by atoms with E-state index >= 15 is 0 Å². The van der Waals surface area contributed by atoms with E-state index in [0.717, 1.165) is 38.9 Å². The maximum atomic E-state index is 14.6. The lowest BCUT2D eigenvalue weighted by atomic mass is 9.87. The monoisotopic (exact) mass is 466 g/mol. The van der Waals surface area contributed by atoms with Gasteiger partial charge >= 0.3 is 0 Å². The minimum Gasteiger partial charge on any atom is -0.438 e. The number of anilines is 3. The van der Waals surface area contributed by atoms with Crippen molar-refractivity contribution in [1.29, 1.82) is 0 Å². The van der Waals surface area contributed by atoms with Gasteiger partial charge in [-0.1, -0.05) is 30.3 Å². The van der Waals surface area contributed by atoms with E-state index in [0.29, 0.717) is 18.1 Å². The summed E-state index contributed by atoms with van der Waals surface area (Å²) in [5.74, 6) is 1.15. The Morgan fingerprint density at radius 1 is 1.03 bits per heavy atom. The molecular formula is C26H20BFN4OS. The van der Waals surface area contributed by atoms with Crippen LogP contribution in [0.2, 0.25) is 0 Å². The fourth-order valence-corrected chi connectivity index (χ4v) is 5.53. The van der Waals surface area contributed by atoms with Crippen molar-refractivity contribution in [2.45, 2.75) is 12.6 Å². The molecule has 0 radical (unpaired) electrons. The van der Waals surface area contributed by atoms with E-state index in [-0.39, 0.29) is 0 Å². The van der Waals surface area contributed by atoms with Gasteiger partial charge in [-0.3, -0.25) is 4.98 Å². The Hall–Kier alpha value is -3.91. The molecule has 2 N–H and O–H groups in total. The van der Waals surface area contributed by atoms with Crippen molar-refractivity contribution in [3.63, 3.8) is 0 Å². The molecule has 5 aromatic rings. The minimum atomic E-state index is -1.04. The number of thiophene rings is 1. The second-order valence-electron chi connectivity index (χ2n) is 8.14. The SMILES string of the molecule is Bc1sc2ccccc2c1C1=C(Nc2oc3ccccc3c2Nc2cnccn2)C=CC(F)C1. The average Bonchev–Trinajstić information content (AvgIpc) is 3.37. The first-order valence-corrected chi connectivity index (χ1v) is 11.8. The number of benzene rings is 2. The van der Waals surface area contributed by atoms with Gasteiger partial charge < -0.3 is 15.1 Å². The number of nitrogens with one attached hydrogen (secondary N) is 2. The van der Waals surface area contributed by atoms with Crippen molar-refractivity contribution in [2.24, 2.45) is 0 Å². The molecule has 1 unspecified atom stereocenters. The van der Waals surface area contributed by atoms with E-state index in [1.54, 1.807) is 36.0 Å². The lowest BCUT2D eigenvalue weighted by Crippen LogP contribution is -2.14. The molecule has 3 aromatic heterocycles. The van der Waals surface area contributed by atoms with Crippen LogP contribution in [-0.4, -0.2) is 24.0 Å². The zero-order valence-corrected chi connectivity index (χ0v) is 19.2. The number of hydrogen-bond acceptors (Lipinski definition) is 6. The molecule has 0 saturated heterocycles. The number of fused-ring (bicyclic) bond motifs is 2. The van der Waals surface area contributed by atoms with Crippen LogP contribution < -0.4 is 15.4 Å². The summed E-state index contributed by atoms with van der Waals surface area (Å²) >= 11 is 1.73. The van der Waals surface area contributed by atoms with Crippen LogP contribution in [0.1, 0.15) is 12.0 Å². The van der Waals surface area contributed by atoms with E-state index in [9.17, 15) is 4.39 Å². The number of para-hydroxylation sites is 1. The first-order chi connectivity index (χ1) is 16.7. The summed E-state index contributed by atoms with van der Waals surface area (Å²) in [6.07, 6.45) is 7.59. The van der Waals surface area contributed by atoms with E-state index in [4.69, 9.17) is 4.42 Å². The van der Waals surface area contributed by atoms with E-state index in [1.807, 2.05) is 42.5 Å². The van der Waals surface area contributed by atoms with Crippen molar-refractivity contribution in [1.82, 2.24) is 9.97 Å². The number of nitrogens with zero attached hydrogens (tertiary/aromatic N) is 2. The normalized spacial score (nSPS) is 15.9. The number of aromatic nitrogens is 2. The Bertz CT molecular complexity index is 1570. The van der Waals surface area contributed by atoms with E-state index < -0.39 is 6.17 Å². The Balaban J connectivity index is 1.49. The molecule has 0 bridgehead atoms. The molecule has 0 spiro atoms. The van der Waals surface area contributed by atoms with Crippen LogP contribution >= 0.6 is 11.3 Å². The number of allylic oxidation sites excluding steroid dienone is 3. The minimum absolute atomic E-state index is 0.299. The highest BCUT2D eigenvalue weighted by atomic mass is 32.1. The van der Waals surface area contributed by atoms with E-state index in [1.165, 1.54) is 9.48 Å². The molecule has 8 heteroatoms. The van der Waals surface area contributed by atoms with E-state index in [2.05, 4.69) is 40.6 Å². The standard InChI is InChI=1S/C26H20BFN4OS/c27-25-23(17-6-2-4-8-21(17)34-25)18-13-15(28)9-10-19(18)31-26-24(32-22-14-29-11-12-30-22)16-5-1-3-7-20(16)33-26/h1-12,14-15,31H,13,27H2,(H,30,32). The molecule has 0 amide bonds. The fourth-order valence-electron chi connectivity index (χ4n) is 4.44. The summed E-state index contributed by atoms with van der Waals surface area (Å²) in [4.78, 5) is 8.49. The molecule has 1 aliphatic rings. The van der Waals surface area contributed by atoms with Crippen LogP contribution in [0.3, 0.4) is 0 Å². The molecule has 1 atom stereocenters. The summed E-state index contributed by atoms with van der Waals surface area (Å²) in [5, 5.41) is 8.86. The number of halogens is 1. The largest absolute Gasteiger partial charge is 0.438 e. The third-order valence-corrected chi connectivity index (χ3v) is 7.02. The lowest BCUT2D eigenvalue weighted by Gasteiger charge is -2.20. The van der Waals surface area contributed by atoms with Crippen LogP contribution in [0, 0.1) is 0 Å². The van der Waals surface area contributed by atoms with Gasteiger partial charge in [-0.05, 0) is 51.7 Å². The number of furan rings is 1. The molecule has 2 aromatic carbocycles. The van der Waals surface area contributed by atoms with Gasteiger partial charge in [0, 0.05) is 34.6 Å². The summed E-state index contributed by atoms with van der Waals surface area (Å²) < 4.78 is 23.2. The topological polar surface area (TPSA) is 63.0 Å². The Labute approximate surface area is 200 Å².